The number of nitrogens with one attached hydrogen (secondary N) is 1. The van der Waals surface area contributed by atoms with Crippen molar-refractivity contribution in [3.05, 3.63) is 118 Å². The maximum absolute atomic E-state index is 14.1. The molecule has 16 nitrogen and oxygen atoms in total. The Balaban J connectivity index is 1.13. The van der Waals surface area contributed by atoms with Gasteiger partial charge in [-0.05, 0) is 106 Å². The molecule has 2 aliphatic rings. The van der Waals surface area contributed by atoms with Gasteiger partial charge in [-0.3, -0.25) is 29.0 Å². The SMILES string of the molecule is CC1CN(Cc2ccc(F)cc2)CCN1C(=O)COc1ccc(Cl)cc1N(C(=O)CCN)N(CCC(=O)Nc1cc(Cl)ccc1OCC(=O)N1CCN(Cc2ccc(F)cc2)C[C@H]1C)C(=O)OC(C)(C)C. The summed E-state index contributed by atoms with van der Waals surface area (Å²) in [5.41, 5.74) is 6.91. The van der Waals surface area contributed by atoms with E-state index in [1.165, 1.54) is 54.6 Å². The number of hydrogen-bond acceptors (Lipinski definition) is 11. The van der Waals surface area contributed by atoms with Crippen molar-refractivity contribution in [3.8, 4) is 11.5 Å². The van der Waals surface area contributed by atoms with Gasteiger partial charge in [0.15, 0.2) is 13.2 Å². The average molecular weight is 1020 g/mol. The summed E-state index contributed by atoms with van der Waals surface area (Å²) in [6.45, 7) is 12.0. The highest BCUT2D eigenvalue weighted by Gasteiger charge is 2.35. The smallest absolute Gasteiger partial charge is 0.429 e. The molecule has 0 bridgehead atoms. The van der Waals surface area contributed by atoms with Gasteiger partial charge >= 0.3 is 6.09 Å². The van der Waals surface area contributed by atoms with Gasteiger partial charge in [-0.25, -0.2) is 23.6 Å². The van der Waals surface area contributed by atoms with Crippen LogP contribution < -0.4 is 25.5 Å². The van der Waals surface area contributed by atoms with Crippen LogP contribution in [0.25, 0.3) is 0 Å². The molecule has 0 saturated carbocycles. The van der Waals surface area contributed by atoms with E-state index in [9.17, 15) is 32.8 Å². The molecule has 2 aliphatic heterocycles. The minimum Gasteiger partial charge on any atom is -0.482 e. The first-order valence-corrected chi connectivity index (χ1v) is 24.2. The van der Waals surface area contributed by atoms with E-state index in [0.29, 0.717) is 52.4 Å². The number of hydrogen-bond donors (Lipinski definition) is 2. The number of anilines is 2. The second-order valence-corrected chi connectivity index (χ2v) is 19.4. The summed E-state index contributed by atoms with van der Waals surface area (Å²) in [6, 6.07) is 21.2. The van der Waals surface area contributed by atoms with E-state index in [4.69, 9.17) is 43.1 Å². The largest absolute Gasteiger partial charge is 0.482 e. The second kappa shape index (κ2) is 24.9. The predicted octanol–water partition coefficient (Wildman–Crippen LogP) is 7.36. The summed E-state index contributed by atoms with van der Waals surface area (Å²) >= 11 is 12.9. The highest BCUT2D eigenvalue weighted by molar-refractivity contribution is 6.31. The summed E-state index contributed by atoms with van der Waals surface area (Å²) in [4.78, 5) is 77.1. The number of carbonyl (C=O) groups excluding carboxylic acids is 5. The molecular formula is C51H62Cl2F2N8O8. The fraction of sp³-hybridized carbons (Fsp3) is 0.431. The number of ether oxygens (including phenoxy) is 3. The van der Waals surface area contributed by atoms with Gasteiger partial charge in [0, 0.05) is 93.9 Å². The molecule has 4 aromatic carbocycles. The van der Waals surface area contributed by atoms with Crippen LogP contribution in [0.4, 0.5) is 25.0 Å². The first kappa shape index (κ1) is 54.3. The zero-order valence-corrected chi connectivity index (χ0v) is 42.2. The van der Waals surface area contributed by atoms with Crippen molar-refractivity contribution in [1.82, 2.24) is 24.6 Å². The predicted molar refractivity (Wildman–Crippen MR) is 267 cm³/mol. The van der Waals surface area contributed by atoms with Crippen molar-refractivity contribution < 1.29 is 47.0 Å². The molecule has 382 valence electrons. The monoisotopic (exact) mass is 1020 g/mol. The van der Waals surface area contributed by atoms with Crippen LogP contribution in [0.15, 0.2) is 84.9 Å². The van der Waals surface area contributed by atoms with Crippen LogP contribution in [-0.4, -0.2) is 138 Å². The van der Waals surface area contributed by atoms with Gasteiger partial charge in [0.1, 0.15) is 34.4 Å². The van der Waals surface area contributed by atoms with Gasteiger partial charge in [-0.2, -0.15) is 0 Å². The molecule has 20 heteroatoms. The molecule has 1 unspecified atom stereocenters. The van der Waals surface area contributed by atoms with Crippen molar-refractivity contribution in [2.75, 3.05) is 75.9 Å². The van der Waals surface area contributed by atoms with Crippen LogP contribution in [0, 0.1) is 11.6 Å². The Morgan fingerprint density at radius 2 is 1.20 bits per heavy atom. The molecule has 0 radical (unpaired) electrons. The molecule has 3 N–H and O–H groups in total. The molecule has 0 spiro atoms. The number of piperazine rings is 2. The van der Waals surface area contributed by atoms with Crippen LogP contribution in [0.5, 0.6) is 11.5 Å². The Bertz CT molecular complexity index is 2500. The molecule has 0 aromatic heterocycles. The average Bonchev–Trinajstić information content (AvgIpc) is 3.30. The van der Waals surface area contributed by atoms with Crippen molar-refractivity contribution in [2.24, 2.45) is 5.73 Å². The van der Waals surface area contributed by atoms with Crippen molar-refractivity contribution in [3.63, 3.8) is 0 Å². The summed E-state index contributed by atoms with van der Waals surface area (Å²) in [7, 11) is 0. The number of halogens is 4. The lowest BCUT2D eigenvalue weighted by Crippen LogP contribution is -2.54. The molecule has 2 saturated heterocycles. The lowest BCUT2D eigenvalue weighted by Gasteiger charge is -2.40. The van der Waals surface area contributed by atoms with E-state index >= 15 is 0 Å². The van der Waals surface area contributed by atoms with E-state index in [1.807, 2.05) is 13.8 Å². The summed E-state index contributed by atoms with van der Waals surface area (Å²) < 4.78 is 44.8. The normalized spacial score (nSPS) is 16.5. The maximum atomic E-state index is 14.1. The number of nitrogens with zero attached hydrogens (tertiary/aromatic N) is 6. The van der Waals surface area contributed by atoms with Crippen LogP contribution >= 0.6 is 23.2 Å². The van der Waals surface area contributed by atoms with Gasteiger partial charge in [0.2, 0.25) is 11.8 Å². The van der Waals surface area contributed by atoms with Crippen LogP contribution in [0.3, 0.4) is 0 Å². The van der Waals surface area contributed by atoms with Gasteiger partial charge < -0.3 is 35.1 Å². The second-order valence-electron chi connectivity index (χ2n) is 18.6. The fourth-order valence-corrected chi connectivity index (χ4v) is 8.71. The van der Waals surface area contributed by atoms with Crippen molar-refractivity contribution in [1.29, 1.82) is 0 Å². The van der Waals surface area contributed by atoms with Gasteiger partial charge in [-0.15, -0.1) is 0 Å². The number of carbonyl (C=O) groups is 5. The van der Waals surface area contributed by atoms with E-state index in [0.717, 1.165) is 21.1 Å². The third-order valence-corrected chi connectivity index (χ3v) is 12.2. The number of amides is 5. The highest BCUT2D eigenvalue weighted by Crippen LogP contribution is 2.35. The summed E-state index contributed by atoms with van der Waals surface area (Å²) in [6.07, 6.45) is -1.63. The Labute approximate surface area is 423 Å². The minimum atomic E-state index is -1.04. The molecule has 2 fully saturated rings. The minimum absolute atomic E-state index is 0.00834. The standard InChI is InChI=1S/C51H62Cl2F2N8O8/c1-34-28-58(30-36-6-12-40(54)13-7-36)22-24-60(34)48(66)32-69-44-16-10-38(52)26-42(44)57-46(64)19-21-62(50(68)71-51(3,4)5)63(47(65)18-20-56)43-27-39(53)11-17-45(43)70-33-49(67)61-25-23-59(29-35(61)2)31-37-8-14-41(55)15-9-37/h6-17,26-27,34-35H,18-25,28-33,56H2,1-5H3,(H,57,64)/t34-,35?/m1/s1. The van der Waals surface area contributed by atoms with E-state index in [1.54, 1.807) is 60.9 Å². The summed E-state index contributed by atoms with van der Waals surface area (Å²) in [5.74, 6) is -2.27. The number of rotatable bonds is 17. The molecule has 2 heterocycles. The number of hydrazine groups is 1. The molecule has 0 aliphatic carbocycles. The lowest BCUT2D eigenvalue weighted by molar-refractivity contribution is -0.138. The first-order chi connectivity index (χ1) is 33.8. The zero-order chi connectivity index (χ0) is 51.4. The Morgan fingerprint density at radius 1 is 0.704 bits per heavy atom. The quantitative estimate of drug-likeness (QED) is 0.101. The Hall–Kier alpha value is -6.05. The van der Waals surface area contributed by atoms with Crippen LogP contribution in [0.2, 0.25) is 10.0 Å². The molecule has 6 rings (SSSR count). The van der Waals surface area contributed by atoms with E-state index in [2.05, 4.69) is 15.1 Å². The summed E-state index contributed by atoms with van der Waals surface area (Å²) in [5, 5.41) is 5.16. The van der Waals surface area contributed by atoms with Crippen LogP contribution in [-0.2, 0) is 37.0 Å². The van der Waals surface area contributed by atoms with Crippen LogP contribution in [0.1, 0.15) is 58.6 Å². The zero-order valence-electron chi connectivity index (χ0n) is 40.7. The fourth-order valence-electron chi connectivity index (χ4n) is 8.38. The van der Waals surface area contributed by atoms with Crippen molar-refractivity contribution >= 4 is 64.3 Å². The Kier molecular flexibility index (Phi) is 19.0. The molecule has 5 amide bonds. The molecular weight excluding hydrogens is 962 g/mol. The van der Waals surface area contributed by atoms with Gasteiger partial charge in [-0.1, -0.05) is 47.5 Å². The third-order valence-electron chi connectivity index (χ3n) is 11.8. The highest BCUT2D eigenvalue weighted by atomic mass is 35.5. The molecule has 71 heavy (non-hydrogen) atoms. The topological polar surface area (TPSA) is 171 Å². The molecule has 4 aromatic rings. The number of benzene rings is 4. The van der Waals surface area contributed by atoms with E-state index < -0.39 is 43.1 Å². The van der Waals surface area contributed by atoms with E-state index in [-0.39, 0.29) is 88.0 Å². The van der Waals surface area contributed by atoms with Crippen molar-refractivity contribution in [2.45, 2.75) is 78.2 Å². The third kappa shape index (κ3) is 15.7. The molecule has 2 atom stereocenters. The first-order valence-electron chi connectivity index (χ1n) is 23.5. The number of nitrogens with two attached hydrogens (primary N) is 1. The maximum Gasteiger partial charge on any atom is 0.429 e. The lowest BCUT2D eigenvalue weighted by atomic mass is 10.1. The Morgan fingerprint density at radius 3 is 1.69 bits per heavy atom. The van der Waals surface area contributed by atoms with Gasteiger partial charge in [0.25, 0.3) is 11.8 Å². The van der Waals surface area contributed by atoms with Gasteiger partial charge in [0.05, 0.1) is 12.2 Å².